The van der Waals surface area contributed by atoms with Crippen molar-refractivity contribution in [1.82, 2.24) is 0 Å². The second-order valence-corrected chi connectivity index (χ2v) is 15.3. The summed E-state index contributed by atoms with van der Waals surface area (Å²) in [6, 6.07) is 0. The predicted molar refractivity (Wildman–Crippen MR) is 238 cm³/mol. The quantitative estimate of drug-likeness (QED) is 0.0202. The SMILES string of the molecule is CCCCCC/C=C\CCCC(=O)OCC(COC(=O)CCCCC/C=C\C=C/CCCCCCCCC)OC(=O)CC/C=C\C/C=C\CCCCCCCC. The molecule has 0 radical (unpaired) electrons. The van der Waals surface area contributed by atoms with E-state index in [1.807, 2.05) is 6.08 Å². The Morgan fingerprint density at radius 1 is 0.375 bits per heavy atom. The number of hydrogen-bond acceptors (Lipinski definition) is 6. The molecule has 56 heavy (non-hydrogen) atoms. The number of carbonyl (C=O) groups excluding carboxylic acids is 3. The van der Waals surface area contributed by atoms with Crippen molar-refractivity contribution in [3.63, 3.8) is 0 Å². The van der Waals surface area contributed by atoms with Crippen LogP contribution >= 0.6 is 0 Å². The van der Waals surface area contributed by atoms with Crippen LogP contribution in [-0.4, -0.2) is 37.2 Å². The summed E-state index contributed by atoms with van der Waals surface area (Å²) in [4.78, 5) is 37.6. The van der Waals surface area contributed by atoms with Gasteiger partial charge in [0.25, 0.3) is 0 Å². The molecule has 0 saturated heterocycles. The lowest BCUT2D eigenvalue weighted by Gasteiger charge is -2.18. The Hall–Kier alpha value is -2.89. The summed E-state index contributed by atoms with van der Waals surface area (Å²) in [6.45, 7) is 6.47. The maximum Gasteiger partial charge on any atom is 0.306 e. The largest absolute Gasteiger partial charge is 0.462 e. The third kappa shape index (κ3) is 42.3. The highest BCUT2D eigenvalue weighted by molar-refractivity contribution is 5.71. The fourth-order valence-electron chi connectivity index (χ4n) is 6.19. The Morgan fingerprint density at radius 2 is 0.750 bits per heavy atom. The minimum absolute atomic E-state index is 0.119. The Labute approximate surface area is 345 Å². The molecule has 0 rings (SSSR count). The molecule has 0 fully saturated rings. The maximum atomic E-state index is 12.7. The fraction of sp³-hybridized carbons (Fsp3) is 0.740. The molecule has 0 aromatic rings. The van der Waals surface area contributed by atoms with E-state index in [1.165, 1.54) is 109 Å². The van der Waals surface area contributed by atoms with Crippen molar-refractivity contribution in [3.8, 4) is 0 Å². The zero-order chi connectivity index (χ0) is 40.8. The lowest BCUT2D eigenvalue weighted by atomic mass is 10.1. The molecule has 322 valence electrons. The van der Waals surface area contributed by atoms with Crippen molar-refractivity contribution in [2.45, 2.75) is 226 Å². The van der Waals surface area contributed by atoms with Crippen molar-refractivity contribution in [3.05, 3.63) is 60.8 Å². The van der Waals surface area contributed by atoms with Crippen LogP contribution in [0, 0.1) is 0 Å². The molecule has 0 aliphatic rings. The summed E-state index contributed by atoms with van der Waals surface area (Å²) >= 11 is 0. The molecule has 0 aliphatic carbocycles. The van der Waals surface area contributed by atoms with Crippen LogP contribution in [0.5, 0.6) is 0 Å². The molecule has 0 bridgehead atoms. The van der Waals surface area contributed by atoms with Crippen molar-refractivity contribution in [1.29, 1.82) is 0 Å². The number of carbonyl (C=O) groups is 3. The highest BCUT2D eigenvalue weighted by Crippen LogP contribution is 2.11. The van der Waals surface area contributed by atoms with Gasteiger partial charge in [-0.25, -0.2) is 0 Å². The van der Waals surface area contributed by atoms with E-state index in [2.05, 4.69) is 75.5 Å². The topological polar surface area (TPSA) is 78.9 Å². The van der Waals surface area contributed by atoms with Gasteiger partial charge in [0.15, 0.2) is 6.10 Å². The van der Waals surface area contributed by atoms with Crippen molar-refractivity contribution < 1.29 is 28.6 Å². The molecular formula is C50H86O6. The highest BCUT2D eigenvalue weighted by atomic mass is 16.6. The molecule has 0 N–H and O–H groups in total. The van der Waals surface area contributed by atoms with E-state index in [-0.39, 0.29) is 31.6 Å². The van der Waals surface area contributed by atoms with Gasteiger partial charge in [-0.1, -0.05) is 178 Å². The van der Waals surface area contributed by atoms with Crippen LogP contribution < -0.4 is 0 Å². The van der Waals surface area contributed by atoms with E-state index in [9.17, 15) is 14.4 Å². The molecule has 0 spiro atoms. The second kappa shape index (κ2) is 44.8. The minimum Gasteiger partial charge on any atom is -0.462 e. The van der Waals surface area contributed by atoms with Gasteiger partial charge in [-0.3, -0.25) is 14.4 Å². The molecule has 6 heteroatoms. The van der Waals surface area contributed by atoms with Crippen LogP contribution in [0.2, 0.25) is 0 Å². The first-order valence-corrected chi connectivity index (χ1v) is 23.3. The molecule has 6 nitrogen and oxygen atoms in total. The summed E-state index contributed by atoms with van der Waals surface area (Å²) in [6.07, 6.45) is 53.7. The number of ether oxygens (including phenoxy) is 3. The van der Waals surface area contributed by atoms with Gasteiger partial charge in [0, 0.05) is 19.3 Å². The molecule has 0 amide bonds. The van der Waals surface area contributed by atoms with Crippen LogP contribution in [0.3, 0.4) is 0 Å². The Bertz CT molecular complexity index is 1040. The van der Waals surface area contributed by atoms with Crippen LogP contribution in [0.4, 0.5) is 0 Å². The first-order valence-electron chi connectivity index (χ1n) is 23.3. The molecule has 0 aromatic carbocycles. The summed E-state index contributed by atoms with van der Waals surface area (Å²) < 4.78 is 16.6. The molecule has 0 heterocycles. The van der Waals surface area contributed by atoms with E-state index in [0.717, 1.165) is 57.8 Å². The monoisotopic (exact) mass is 783 g/mol. The summed E-state index contributed by atoms with van der Waals surface area (Å²) in [7, 11) is 0. The van der Waals surface area contributed by atoms with Crippen LogP contribution in [-0.2, 0) is 28.6 Å². The minimum atomic E-state index is -0.823. The van der Waals surface area contributed by atoms with Crippen LogP contribution in [0.25, 0.3) is 0 Å². The summed E-state index contributed by atoms with van der Waals surface area (Å²) in [5, 5.41) is 0. The number of unbranched alkanes of at least 4 members (excludes halogenated alkanes) is 21. The lowest BCUT2D eigenvalue weighted by molar-refractivity contribution is -0.166. The molecule has 0 saturated carbocycles. The van der Waals surface area contributed by atoms with Gasteiger partial charge in [-0.05, 0) is 83.5 Å². The number of rotatable bonds is 41. The first-order chi connectivity index (χ1) is 27.5. The van der Waals surface area contributed by atoms with Crippen molar-refractivity contribution in [2.24, 2.45) is 0 Å². The number of allylic oxidation sites excluding steroid dienone is 10. The molecule has 1 atom stereocenters. The molecular weight excluding hydrogens is 697 g/mol. The third-order valence-corrected chi connectivity index (χ3v) is 9.76. The zero-order valence-corrected chi connectivity index (χ0v) is 36.6. The van der Waals surface area contributed by atoms with E-state index >= 15 is 0 Å². The highest BCUT2D eigenvalue weighted by Gasteiger charge is 2.19. The van der Waals surface area contributed by atoms with E-state index < -0.39 is 12.1 Å². The molecule has 1 unspecified atom stereocenters. The average Bonchev–Trinajstić information content (AvgIpc) is 3.19. The molecule has 0 aliphatic heterocycles. The Kier molecular flexibility index (Phi) is 42.5. The first kappa shape index (κ1) is 53.1. The van der Waals surface area contributed by atoms with E-state index in [0.29, 0.717) is 25.7 Å². The summed E-state index contributed by atoms with van der Waals surface area (Å²) in [5.74, 6) is -1.05. The maximum absolute atomic E-state index is 12.7. The van der Waals surface area contributed by atoms with Crippen LogP contribution in [0.1, 0.15) is 220 Å². The Balaban J connectivity index is 4.49. The van der Waals surface area contributed by atoms with Gasteiger partial charge in [0.2, 0.25) is 0 Å². The Morgan fingerprint density at radius 3 is 1.27 bits per heavy atom. The number of hydrogen-bond donors (Lipinski definition) is 0. The van der Waals surface area contributed by atoms with Crippen LogP contribution in [0.15, 0.2) is 60.8 Å². The molecule has 0 aromatic heterocycles. The summed E-state index contributed by atoms with van der Waals surface area (Å²) in [5.41, 5.74) is 0. The third-order valence-electron chi connectivity index (χ3n) is 9.76. The van der Waals surface area contributed by atoms with E-state index in [1.54, 1.807) is 0 Å². The zero-order valence-electron chi connectivity index (χ0n) is 36.6. The number of esters is 3. The van der Waals surface area contributed by atoms with Gasteiger partial charge in [0.05, 0.1) is 0 Å². The second-order valence-electron chi connectivity index (χ2n) is 15.3. The fourth-order valence-corrected chi connectivity index (χ4v) is 6.19. The van der Waals surface area contributed by atoms with Gasteiger partial charge < -0.3 is 14.2 Å². The van der Waals surface area contributed by atoms with E-state index in [4.69, 9.17) is 14.2 Å². The lowest BCUT2D eigenvalue weighted by Crippen LogP contribution is -2.30. The van der Waals surface area contributed by atoms with Crippen molar-refractivity contribution >= 4 is 17.9 Å². The van der Waals surface area contributed by atoms with Gasteiger partial charge in [-0.15, -0.1) is 0 Å². The standard InChI is InChI=1S/C50H86O6/c1-4-7-10-13-16-19-21-23-24-25-27-28-31-34-37-40-43-49(52)55-46-47(45-54-48(51)42-39-36-33-30-18-15-12-9-6-3)56-50(53)44-41-38-35-32-29-26-22-20-17-14-11-8-5-2/h24-30,33,35,38,47H,4-23,31-32,34,36-37,39-46H2,1-3H3/b25-24-,28-27-,29-26-,33-30-,38-35-. The van der Waals surface area contributed by atoms with Crippen molar-refractivity contribution in [2.75, 3.05) is 13.2 Å². The predicted octanol–water partition coefficient (Wildman–Crippen LogP) is 14.9. The van der Waals surface area contributed by atoms with Gasteiger partial charge >= 0.3 is 17.9 Å². The average molecular weight is 783 g/mol. The van der Waals surface area contributed by atoms with Gasteiger partial charge in [0.1, 0.15) is 13.2 Å². The van der Waals surface area contributed by atoms with Gasteiger partial charge in [-0.2, -0.15) is 0 Å². The smallest absolute Gasteiger partial charge is 0.306 e. The normalized spacial score (nSPS) is 12.6.